The molecule has 18 heavy (non-hydrogen) atoms. The van der Waals surface area contributed by atoms with Gasteiger partial charge < -0.3 is 10.7 Å². The van der Waals surface area contributed by atoms with Gasteiger partial charge in [-0.15, -0.1) is 0 Å². The molecule has 2 heterocycles. The van der Waals surface area contributed by atoms with Crippen molar-refractivity contribution in [2.24, 2.45) is 5.73 Å². The zero-order chi connectivity index (χ0) is 12.5. The number of benzene rings is 1. The first kappa shape index (κ1) is 10.9. The van der Waals surface area contributed by atoms with Crippen molar-refractivity contribution in [1.29, 1.82) is 0 Å². The highest BCUT2D eigenvalue weighted by molar-refractivity contribution is 5.81. The summed E-state index contributed by atoms with van der Waals surface area (Å²) in [4.78, 5) is 12.2. The molecule has 1 aromatic carbocycles. The zero-order valence-electron chi connectivity index (χ0n) is 10.1. The van der Waals surface area contributed by atoms with E-state index in [9.17, 15) is 0 Å². The second-order valence-corrected chi connectivity index (χ2v) is 4.31. The molecule has 0 fully saturated rings. The van der Waals surface area contributed by atoms with Crippen LogP contribution in [0, 0.1) is 6.92 Å². The second kappa shape index (κ2) is 4.23. The average Bonchev–Trinajstić information content (AvgIpc) is 2.84. The van der Waals surface area contributed by atoms with Crippen molar-refractivity contribution in [1.82, 2.24) is 15.0 Å². The van der Waals surface area contributed by atoms with Crippen LogP contribution < -0.4 is 5.73 Å². The van der Waals surface area contributed by atoms with Crippen LogP contribution in [0.25, 0.3) is 22.6 Å². The molecule has 0 saturated carbocycles. The molecule has 0 amide bonds. The van der Waals surface area contributed by atoms with Crippen molar-refractivity contribution in [3.8, 4) is 11.5 Å². The van der Waals surface area contributed by atoms with Gasteiger partial charge in [-0.25, -0.2) is 4.98 Å². The van der Waals surface area contributed by atoms with Gasteiger partial charge in [-0.3, -0.25) is 4.98 Å². The Kier molecular flexibility index (Phi) is 2.57. The highest BCUT2D eigenvalue weighted by Gasteiger charge is 2.07. The number of rotatable bonds is 2. The molecule has 0 spiro atoms. The van der Waals surface area contributed by atoms with Crippen LogP contribution in [0.1, 0.15) is 11.1 Å². The molecule has 90 valence electrons. The van der Waals surface area contributed by atoms with Crippen molar-refractivity contribution in [3.63, 3.8) is 0 Å². The molecule has 3 N–H and O–H groups in total. The molecule has 2 aromatic heterocycles. The normalized spacial score (nSPS) is 11.0. The van der Waals surface area contributed by atoms with Crippen LogP contribution in [-0.2, 0) is 6.54 Å². The molecule has 4 heteroatoms. The number of hydrogen-bond donors (Lipinski definition) is 2. The molecule has 0 aliphatic carbocycles. The largest absolute Gasteiger partial charge is 0.337 e. The first-order valence-electron chi connectivity index (χ1n) is 5.88. The lowest BCUT2D eigenvalue weighted by Gasteiger charge is -1.97. The van der Waals surface area contributed by atoms with Gasteiger partial charge >= 0.3 is 0 Å². The van der Waals surface area contributed by atoms with Gasteiger partial charge in [0.25, 0.3) is 0 Å². The lowest BCUT2D eigenvalue weighted by Crippen LogP contribution is -1.97. The van der Waals surface area contributed by atoms with Gasteiger partial charge in [0, 0.05) is 12.7 Å². The molecule has 0 bridgehead atoms. The topological polar surface area (TPSA) is 67.6 Å². The van der Waals surface area contributed by atoms with E-state index in [0.29, 0.717) is 6.54 Å². The fourth-order valence-electron chi connectivity index (χ4n) is 1.98. The number of hydrogen-bond acceptors (Lipinski definition) is 3. The maximum Gasteiger partial charge on any atom is 0.157 e. The van der Waals surface area contributed by atoms with Gasteiger partial charge in [0.15, 0.2) is 5.82 Å². The monoisotopic (exact) mass is 238 g/mol. The van der Waals surface area contributed by atoms with Crippen molar-refractivity contribution < 1.29 is 0 Å². The number of aromatic amines is 1. The number of fused-ring (bicyclic) bond motifs is 1. The fourth-order valence-corrected chi connectivity index (χ4v) is 1.98. The maximum atomic E-state index is 5.56. The lowest BCUT2D eigenvalue weighted by molar-refractivity contribution is 1.05. The summed E-state index contributed by atoms with van der Waals surface area (Å²) in [5.41, 5.74) is 10.6. The van der Waals surface area contributed by atoms with E-state index in [2.05, 4.69) is 27.9 Å². The summed E-state index contributed by atoms with van der Waals surface area (Å²) in [6, 6.07) is 10.0. The van der Waals surface area contributed by atoms with Crippen LogP contribution in [-0.4, -0.2) is 15.0 Å². The van der Waals surface area contributed by atoms with Gasteiger partial charge in [0.1, 0.15) is 5.69 Å². The van der Waals surface area contributed by atoms with Crippen molar-refractivity contribution in [2.75, 3.05) is 0 Å². The van der Waals surface area contributed by atoms with Crippen LogP contribution in [0.3, 0.4) is 0 Å². The maximum absolute atomic E-state index is 5.56. The molecule has 0 unspecified atom stereocenters. The number of nitrogens with two attached hydrogens (primary N) is 1. The van der Waals surface area contributed by atoms with Gasteiger partial charge in [-0.2, -0.15) is 0 Å². The molecule has 0 aliphatic heterocycles. The Labute approximate surface area is 105 Å². The lowest BCUT2D eigenvalue weighted by atomic mass is 10.2. The number of H-pyrrole nitrogens is 1. The molecular formula is C14H14N4. The third-order valence-corrected chi connectivity index (χ3v) is 3.02. The number of para-hydroxylation sites is 1. The molecular weight excluding hydrogens is 224 g/mol. The number of pyridine rings is 1. The number of nitrogens with one attached hydrogen (secondary N) is 1. The van der Waals surface area contributed by atoms with E-state index in [1.54, 1.807) is 6.20 Å². The standard InChI is InChI=1S/C14H14N4/c1-9-3-2-4-11-13(9)18-14(17-11)12-6-5-10(7-15)8-16-12/h2-6,8H,7,15H2,1H3,(H,17,18). The zero-order valence-corrected chi connectivity index (χ0v) is 10.1. The number of aromatic nitrogens is 3. The van der Waals surface area contributed by atoms with Crippen molar-refractivity contribution in [2.45, 2.75) is 13.5 Å². The second-order valence-electron chi connectivity index (χ2n) is 4.31. The molecule has 0 radical (unpaired) electrons. The van der Waals surface area contributed by atoms with E-state index in [0.717, 1.165) is 33.7 Å². The molecule has 0 aliphatic rings. The minimum Gasteiger partial charge on any atom is -0.337 e. The van der Waals surface area contributed by atoms with E-state index in [-0.39, 0.29) is 0 Å². The van der Waals surface area contributed by atoms with Crippen molar-refractivity contribution >= 4 is 11.0 Å². The Morgan fingerprint density at radius 3 is 2.78 bits per heavy atom. The fraction of sp³-hybridized carbons (Fsp3) is 0.143. The van der Waals surface area contributed by atoms with Gasteiger partial charge in [-0.05, 0) is 30.2 Å². The Bertz CT molecular complexity index is 683. The smallest absolute Gasteiger partial charge is 0.157 e. The minimum atomic E-state index is 0.506. The van der Waals surface area contributed by atoms with E-state index < -0.39 is 0 Å². The Morgan fingerprint density at radius 2 is 2.11 bits per heavy atom. The summed E-state index contributed by atoms with van der Waals surface area (Å²) in [6.07, 6.45) is 1.79. The van der Waals surface area contributed by atoms with Crippen LogP contribution in [0.4, 0.5) is 0 Å². The van der Waals surface area contributed by atoms with Gasteiger partial charge in [0.2, 0.25) is 0 Å². The van der Waals surface area contributed by atoms with Gasteiger partial charge in [0.05, 0.1) is 11.0 Å². The molecule has 3 aromatic rings. The SMILES string of the molecule is Cc1cccc2[nH]c(-c3ccc(CN)cn3)nc12. The molecule has 3 rings (SSSR count). The number of aryl methyl sites for hydroxylation is 1. The summed E-state index contributed by atoms with van der Waals surface area (Å²) in [6.45, 7) is 2.56. The Balaban J connectivity index is 2.10. The third-order valence-electron chi connectivity index (χ3n) is 3.02. The summed E-state index contributed by atoms with van der Waals surface area (Å²) in [5.74, 6) is 0.794. The van der Waals surface area contributed by atoms with E-state index in [1.165, 1.54) is 0 Å². The van der Waals surface area contributed by atoms with E-state index in [4.69, 9.17) is 5.73 Å². The summed E-state index contributed by atoms with van der Waals surface area (Å²) < 4.78 is 0. The minimum absolute atomic E-state index is 0.506. The molecule has 0 atom stereocenters. The Morgan fingerprint density at radius 1 is 1.22 bits per heavy atom. The summed E-state index contributed by atoms with van der Waals surface area (Å²) in [5, 5.41) is 0. The first-order valence-corrected chi connectivity index (χ1v) is 5.88. The van der Waals surface area contributed by atoms with E-state index >= 15 is 0 Å². The highest BCUT2D eigenvalue weighted by Crippen LogP contribution is 2.21. The Hall–Kier alpha value is -2.20. The van der Waals surface area contributed by atoms with Crippen LogP contribution >= 0.6 is 0 Å². The number of nitrogens with zero attached hydrogens (tertiary/aromatic N) is 2. The molecule has 0 saturated heterocycles. The average molecular weight is 238 g/mol. The van der Waals surface area contributed by atoms with Gasteiger partial charge in [-0.1, -0.05) is 18.2 Å². The third kappa shape index (κ3) is 1.76. The van der Waals surface area contributed by atoms with Crippen LogP contribution in [0.5, 0.6) is 0 Å². The van der Waals surface area contributed by atoms with Crippen LogP contribution in [0.2, 0.25) is 0 Å². The first-order chi connectivity index (χ1) is 8.78. The van der Waals surface area contributed by atoms with E-state index in [1.807, 2.05) is 24.3 Å². The quantitative estimate of drug-likeness (QED) is 0.720. The van der Waals surface area contributed by atoms with Crippen molar-refractivity contribution in [3.05, 3.63) is 47.7 Å². The predicted molar refractivity (Wildman–Crippen MR) is 72.0 cm³/mol. The summed E-state index contributed by atoms with van der Waals surface area (Å²) >= 11 is 0. The highest BCUT2D eigenvalue weighted by atomic mass is 14.9. The predicted octanol–water partition coefficient (Wildman–Crippen LogP) is 2.39. The number of imidazole rings is 1. The summed E-state index contributed by atoms with van der Waals surface area (Å²) in [7, 11) is 0. The molecule has 4 nitrogen and oxygen atoms in total. The van der Waals surface area contributed by atoms with Crippen LogP contribution in [0.15, 0.2) is 36.5 Å².